The highest BCUT2D eigenvalue weighted by atomic mass is 32.2. The van der Waals surface area contributed by atoms with E-state index in [0.29, 0.717) is 25.9 Å². The number of amides is 3. The lowest BCUT2D eigenvalue weighted by Gasteiger charge is -2.40. The molecule has 2 unspecified atom stereocenters. The number of carbonyl (C=O) groups is 3. The van der Waals surface area contributed by atoms with Crippen molar-refractivity contribution in [1.29, 1.82) is 0 Å². The fourth-order valence-electron chi connectivity index (χ4n) is 7.70. The monoisotopic (exact) mass is 615 g/mol. The Morgan fingerprint density at radius 1 is 1.11 bits per heavy atom. The summed E-state index contributed by atoms with van der Waals surface area (Å²) in [6, 6.07) is 14.3. The van der Waals surface area contributed by atoms with Gasteiger partial charge in [-0.05, 0) is 62.3 Å². The normalized spacial score (nSPS) is 25.9. The minimum Gasteiger partial charge on any atom is -0.394 e. The number of anilines is 1. The molecule has 234 valence electrons. The van der Waals surface area contributed by atoms with Gasteiger partial charge in [-0.3, -0.25) is 14.4 Å². The van der Waals surface area contributed by atoms with Crippen molar-refractivity contribution in [2.45, 2.75) is 68.5 Å². The summed E-state index contributed by atoms with van der Waals surface area (Å²) in [7, 11) is 0. The number of fused-ring (bicyclic) bond motifs is 1. The maximum Gasteiger partial charge on any atom is 0.251 e. The fourth-order valence-corrected chi connectivity index (χ4v) is 9.90. The van der Waals surface area contributed by atoms with Crippen molar-refractivity contribution in [3.63, 3.8) is 0 Å². The Bertz CT molecular complexity index is 1410. The molecule has 3 saturated heterocycles. The van der Waals surface area contributed by atoms with Crippen LogP contribution in [-0.4, -0.2) is 80.9 Å². The molecule has 3 aliphatic heterocycles. The van der Waals surface area contributed by atoms with Gasteiger partial charge in [-0.25, -0.2) is 0 Å². The van der Waals surface area contributed by atoms with Crippen molar-refractivity contribution < 1.29 is 19.5 Å². The van der Waals surface area contributed by atoms with Gasteiger partial charge in [-0.1, -0.05) is 61.5 Å². The van der Waals surface area contributed by atoms with Crippen LogP contribution < -0.4 is 4.90 Å². The van der Waals surface area contributed by atoms with Crippen LogP contribution in [0.3, 0.4) is 0 Å². The molecular formula is C36H45N3O4S. The number of aliphatic hydroxyl groups is 1. The van der Waals surface area contributed by atoms with Gasteiger partial charge in [0.05, 0.1) is 29.2 Å². The molecule has 0 saturated carbocycles. The lowest BCUT2D eigenvalue weighted by atomic mass is 9.70. The maximum absolute atomic E-state index is 15.0. The topological polar surface area (TPSA) is 81.2 Å². The molecule has 6 atom stereocenters. The molecule has 0 radical (unpaired) electrons. The molecule has 8 heteroatoms. The second-order valence-corrected chi connectivity index (χ2v) is 14.0. The second kappa shape index (κ2) is 13.3. The van der Waals surface area contributed by atoms with Gasteiger partial charge >= 0.3 is 0 Å². The van der Waals surface area contributed by atoms with Crippen LogP contribution in [0.5, 0.6) is 0 Å². The maximum atomic E-state index is 15.0. The summed E-state index contributed by atoms with van der Waals surface area (Å²) in [5.74, 6) is -1.55. The molecule has 2 bridgehead atoms. The molecule has 2 aromatic carbocycles. The van der Waals surface area contributed by atoms with E-state index in [4.69, 9.17) is 0 Å². The molecular weight excluding hydrogens is 570 g/mol. The van der Waals surface area contributed by atoms with Crippen LogP contribution in [0.4, 0.5) is 5.69 Å². The number of hydrogen-bond donors (Lipinski definition) is 1. The summed E-state index contributed by atoms with van der Waals surface area (Å²) < 4.78 is -0.757. The highest BCUT2D eigenvalue weighted by Crippen LogP contribution is 2.67. The lowest BCUT2D eigenvalue weighted by molar-refractivity contribution is -0.145. The second-order valence-electron chi connectivity index (χ2n) is 12.4. The molecule has 2 aromatic rings. The molecule has 0 aromatic heterocycles. The summed E-state index contributed by atoms with van der Waals surface area (Å²) in [5.41, 5.74) is 3.74. The van der Waals surface area contributed by atoms with Gasteiger partial charge in [-0.15, -0.1) is 24.9 Å². The minimum absolute atomic E-state index is 0.0293. The summed E-state index contributed by atoms with van der Waals surface area (Å²) in [6.07, 6.45) is 6.10. The predicted octanol–water partition coefficient (Wildman–Crippen LogP) is 4.94. The molecule has 1 N–H and O–H groups in total. The number of benzene rings is 2. The number of aryl methyl sites for hydroxylation is 2. The number of aliphatic hydroxyl groups excluding tert-OH is 1. The molecule has 5 rings (SSSR count). The average Bonchev–Trinajstić information content (AvgIpc) is 3.67. The third kappa shape index (κ3) is 5.51. The first-order chi connectivity index (χ1) is 21.2. The number of carbonyl (C=O) groups excluding carboxylic acids is 3. The molecule has 1 spiro atoms. The van der Waals surface area contributed by atoms with Crippen LogP contribution in [-0.2, 0) is 20.8 Å². The predicted molar refractivity (Wildman–Crippen MR) is 178 cm³/mol. The van der Waals surface area contributed by atoms with Gasteiger partial charge in [0.2, 0.25) is 11.8 Å². The van der Waals surface area contributed by atoms with E-state index in [9.17, 15) is 14.7 Å². The summed E-state index contributed by atoms with van der Waals surface area (Å²) in [4.78, 5) is 49.3. The van der Waals surface area contributed by atoms with E-state index in [0.717, 1.165) is 35.2 Å². The Morgan fingerprint density at radius 2 is 1.84 bits per heavy atom. The standard InChI is InChI=1S/C36H45N3O4S/c1-6-18-37(19-7-2)33(41)30-29-16-17-36(44-29)31(30)34(42)39(27(23-40)22-26-12-10-9-11-13-26)32(36)35(43)38(20-8-3)28-21-24(4)14-15-25(28)5/h6,8-15,21,27,29-32,40H,1,3,7,16-20,22-23H2,2,4-5H3/t27-,29-,30+,31+,32?,36?/m1/s1. The van der Waals surface area contributed by atoms with Crippen LogP contribution in [0.15, 0.2) is 73.8 Å². The SMILES string of the molecule is C=CCN(CCC)C(=O)[C@@H]1[C@H]2C(=O)N([C@@H](CO)Cc3ccccc3)C(C(=O)N(CC=C)c3cc(C)ccc3C)C23CC[C@H]1S3. The van der Waals surface area contributed by atoms with E-state index in [1.807, 2.05) is 74.2 Å². The van der Waals surface area contributed by atoms with Gasteiger partial charge in [0.25, 0.3) is 5.91 Å². The summed E-state index contributed by atoms with van der Waals surface area (Å²) in [5, 5.41) is 10.8. The van der Waals surface area contributed by atoms with Gasteiger partial charge in [0, 0.05) is 30.6 Å². The van der Waals surface area contributed by atoms with Crippen molar-refractivity contribution in [3.05, 3.63) is 90.5 Å². The van der Waals surface area contributed by atoms with Gasteiger partial charge < -0.3 is 19.8 Å². The van der Waals surface area contributed by atoms with Gasteiger partial charge in [0.15, 0.2) is 0 Å². The highest BCUT2D eigenvalue weighted by Gasteiger charge is 2.74. The number of hydrogen-bond acceptors (Lipinski definition) is 5. The summed E-state index contributed by atoms with van der Waals surface area (Å²) in [6.45, 7) is 14.8. The number of rotatable bonds is 13. The van der Waals surface area contributed by atoms with Crippen molar-refractivity contribution in [2.24, 2.45) is 11.8 Å². The van der Waals surface area contributed by atoms with Gasteiger partial charge in [0.1, 0.15) is 6.04 Å². The molecule has 0 aliphatic carbocycles. The fraction of sp³-hybridized carbons (Fsp3) is 0.472. The Morgan fingerprint density at radius 3 is 2.50 bits per heavy atom. The average molecular weight is 616 g/mol. The lowest BCUT2D eigenvalue weighted by Crippen LogP contribution is -2.58. The quantitative estimate of drug-likeness (QED) is 0.323. The van der Waals surface area contributed by atoms with E-state index >= 15 is 4.79 Å². The first kappa shape index (κ1) is 32.0. The minimum atomic E-state index is -0.826. The van der Waals surface area contributed by atoms with E-state index in [-0.39, 0.29) is 36.1 Å². The zero-order valence-corrected chi connectivity index (χ0v) is 27.0. The Kier molecular flexibility index (Phi) is 9.71. The first-order valence-corrected chi connectivity index (χ1v) is 16.6. The first-order valence-electron chi connectivity index (χ1n) is 15.8. The highest BCUT2D eigenvalue weighted by molar-refractivity contribution is 8.02. The van der Waals surface area contributed by atoms with Crippen LogP contribution in [0.1, 0.15) is 42.9 Å². The molecule has 3 fully saturated rings. The molecule has 3 aliphatic rings. The third-order valence-corrected chi connectivity index (χ3v) is 11.5. The van der Waals surface area contributed by atoms with Crippen LogP contribution >= 0.6 is 11.8 Å². The Balaban J connectivity index is 1.62. The van der Waals surface area contributed by atoms with Crippen molar-refractivity contribution >= 4 is 35.2 Å². The van der Waals surface area contributed by atoms with Crippen LogP contribution in [0.25, 0.3) is 0 Å². The molecule has 44 heavy (non-hydrogen) atoms. The van der Waals surface area contributed by atoms with E-state index in [1.54, 1.807) is 33.7 Å². The summed E-state index contributed by atoms with van der Waals surface area (Å²) >= 11 is 1.66. The van der Waals surface area contributed by atoms with Crippen LogP contribution in [0, 0.1) is 25.7 Å². The molecule has 7 nitrogen and oxygen atoms in total. The zero-order chi connectivity index (χ0) is 31.6. The molecule has 3 amide bonds. The smallest absolute Gasteiger partial charge is 0.251 e. The van der Waals surface area contributed by atoms with E-state index in [1.165, 1.54) is 0 Å². The third-order valence-electron chi connectivity index (χ3n) is 9.56. The Labute approximate surface area is 266 Å². The number of likely N-dealkylation sites (tertiary alicyclic amines) is 1. The van der Waals surface area contributed by atoms with E-state index in [2.05, 4.69) is 13.2 Å². The van der Waals surface area contributed by atoms with Gasteiger partial charge in [-0.2, -0.15) is 0 Å². The van der Waals surface area contributed by atoms with Crippen molar-refractivity contribution in [1.82, 2.24) is 9.80 Å². The van der Waals surface area contributed by atoms with Crippen LogP contribution in [0.2, 0.25) is 0 Å². The Hall–Kier alpha value is -3.36. The number of nitrogens with zero attached hydrogens (tertiary/aromatic N) is 3. The zero-order valence-electron chi connectivity index (χ0n) is 26.2. The van der Waals surface area contributed by atoms with E-state index < -0.39 is 28.7 Å². The van der Waals surface area contributed by atoms with Crippen molar-refractivity contribution in [3.8, 4) is 0 Å². The van der Waals surface area contributed by atoms with Crippen molar-refractivity contribution in [2.75, 3.05) is 31.1 Å². The molecule has 3 heterocycles. The number of thioether (sulfide) groups is 1. The largest absolute Gasteiger partial charge is 0.394 e.